The van der Waals surface area contributed by atoms with Crippen molar-refractivity contribution in [3.63, 3.8) is 0 Å². The molecule has 1 saturated heterocycles. The summed E-state index contributed by atoms with van der Waals surface area (Å²) in [5, 5.41) is 25.0. The number of carbonyl (C=O) groups excluding carboxylic acids is 2. The lowest BCUT2D eigenvalue weighted by molar-refractivity contribution is -0.144. The molecule has 10 nitrogen and oxygen atoms in total. The number of halogens is 1. The van der Waals surface area contributed by atoms with Gasteiger partial charge in [-0.3, -0.25) is 9.59 Å². The summed E-state index contributed by atoms with van der Waals surface area (Å²) in [6.07, 6.45) is 1.42. The van der Waals surface area contributed by atoms with E-state index in [4.69, 9.17) is 4.74 Å². The number of benzene rings is 2. The van der Waals surface area contributed by atoms with E-state index in [9.17, 15) is 19.1 Å². The molecule has 2 N–H and O–H groups in total. The Hall–Kier alpha value is -3.86. The number of aromatic nitrogens is 4. The summed E-state index contributed by atoms with van der Waals surface area (Å²) in [4.78, 5) is 29.9. The van der Waals surface area contributed by atoms with Gasteiger partial charge in [-0.2, -0.15) is 4.80 Å². The molecular formula is C26H31FN6O4. The maximum atomic E-state index is 13.7. The summed E-state index contributed by atoms with van der Waals surface area (Å²) in [5.41, 5.74) is 0.565. The van der Waals surface area contributed by atoms with Gasteiger partial charge < -0.3 is 20.1 Å². The van der Waals surface area contributed by atoms with Crippen molar-refractivity contribution in [2.45, 2.75) is 57.8 Å². The van der Waals surface area contributed by atoms with Crippen LogP contribution in [0.1, 0.15) is 45.2 Å². The number of hydrogen-bond donors (Lipinski definition) is 2. The number of aromatic hydroxyl groups is 1. The predicted molar refractivity (Wildman–Crippen MR) is 133 cm³/mol. The third kappa shape index (κ3) is 6.88. The normalized spacial score (nSPS) is 16.4. The Morgan fingerprint density at radius 3 is 2.51 bits per heavy atom. The zero-order chi connectivity index (χ0) is 26.6. The lowest BCUT2D eigenvalue weighted by Gasteiger charge is -2.35. The van der Waals surface area contributed by atoms with Crippen molar-refractivity contribution < 1.29 is 23.8 Å². The van der Waals surface area contributed by atoms with Crippen LogP contribution in [-0.2, 0) is 20.9 Å². The van der Waals surface area contributed by atoms with Gasteiger partial charge in [0.25, 0.3) is 0 Å². The number of amides is 2. The zero-order valence-electron chi connectivity index (χ0n) is 21.1. The molecule has 1 aliphatic rings. The Kier molecular flexibility index (Phi) is 7.82. The highest BCUT2D eigenvalue weighted by Crippen LogP contribution is 2.27. The van der Waals surface area contributed by atoms with Gasteiger partial charge in [0.15, 0.2) is 0 Å². The van der Waals surface area contributed by atoms with Crippen molar-refractivity contribution in [1.82, 2.24) is 30.4 Å². The van der Waals surface area contributed by atoms with Crippen LogP contribution in [0.3, 0.4) is 0 Å². The van der Waals surface area contributed by atoms with Crippen molar-refractivity contribution in [3.05, 3.63) is 59.9 Å². The summed E-state index contributed by atoms with van der Waals surface area (Å²) in [6.45, 7) is 6.11. The zero-order valence-corrected chi connectivity index (χ0v) is 21.1. The van der Waals surface area contributed by atoms with Gasteiger partial charge >= 0.3 is 0 Å². The van der Waals surface area contributed by atoms with Crippen molar-refractivity contribution in [3.8, 4) is 17.1 Å². The third-order valence-corrected chi connectivity index (χ3v) is 5.84. The maximum Gasteiger partial charge on any atom is 0.247 e. The average molecular weight is 511 g/mol. The quantitative estimate of drug-likeness (QED) is 0.478. The van der Waals surface area contributed by atoms with E-state index in [2.05, 4.69) is 20.7 Å². The van der Waals surface area contributed by atoms with Gasteiger partial charge in [0.2, 0.25) is 17.6 Å². The second-order valence-corrected chi connectivity index (χ2v) is 10.1. The Bertz CT molecular complexity index is 1220. The number of phenols is 1. The van der Waals surface area contributed by atoms with E-state index in [1.807, 2.05) is 20.8 Å². The molecule has 11 heteroatoms. The van der Waals surface area contributed by atoms with Crippen LogP contribution in [0.5, 0.6) is 5.75 Å². The second kappa shape index (κ2) is 11.0. The summed E-state index contributed by atoms with van der Waals surface area (Å²) in [6, 6.07) is 10.9. The number of ether oxygens (including phenoxy) is 1. The lowest BCUT2D eigenvalue weighted by Crippen LogP contribution is -2.51. The Balaban J connectivity index is 1.64. The fourth-order valence-corrected chi connectivity index (χ4v) is 4.16. The minimum absolute atomic E-state index is 0.0517. The first-order valence-corrected chi connectivity index (χ1v) is 12.1. The van der Waals surface area contributed by atoms with E-state index < -0.39 is 17.5 Å². The molecule has 0 aliphatic carbocycles. The van der Waals surface area contributed by atoms with Gasteiger partial charge in [-0.05, 0) is 80.8 Å². The monoisotopic (exact) mass is 510 g/mol. The molecule has 1 fully saturated rings. The third-order valence-electron chi connectivity index (χ3n) is 5.84. The predicted octanol–water partition coefficient (Wildman–Crippen LogP) is 2.85. The van der Waals surface area contributed by atoms with Crippen LogP contribution >= 0.6 is 0 Å². The molecule has 37 heavy (non-hydrogen) atoms. The Labute approximate surface area is 214 Å². The molecule has 3 aromatic rings. The first-order chi connectivity index (χ1) is 17.6. The second-order valence-electron chi connectivity index (χ2n) is 10.1. The molecule has 4 rings (SSSR count). The molecule has 0 radical (unpaired) electrons. The largest absolute Gasteiger partial charge is 0.508 e. The molecule has 2 atom stereocenters. The van der Waals surface area contributed by atoms with Crippen LogP contribution in [-0.4, -0.2) is 66.8 Å². The number of nitrogens with zero attached hydrogens (tertiary/aromatic N) is 5. The molecular weight excluding hydrogens is 479 g/mol. The SMILES string of the molecule is CC(C)(C)NC(=O)[C@@H](c1ccc(O)cc1)N(C[C@@H]1CCCO1)C(=O)Cn1nnc(-c2ccc(F)cc2)n1. The van der Waals surface area contributed by atoms with Gasteiger partial charge in [-0.25, -0.2) is 4.39 Å². The smallest absolute Gasteiger partial charge is 0.247 e. The van der Waals surface area contributed by atoms with Crippen LogP contribution in [0.2, 0.25) is 0 Å². The van der Waals surface area contributed by atoms with Gasteiger partial charge in [-0.15, -0.1) is 10.2 Å². The topological polar surface area (TPSA) is 122 Å². The van der Waals surface area contributed by atoms with Crippen LogP contribution in [0.25, 0.3) is 11.4 Å². The fourth-order valence-electron chi connectivity index (χ4n) is 4.16. The van der Waals surface area contributed by atoms with E-state index >= 15 is 0 Å². The van der Waals surface area contributed by atoms with Crippen molar-refractivity contribution in [1.29, 1.82) is 0 Å². The highest BCUT2D eigenvalue weighted by atomic mass is 19.1. The number of rotatable bonds is 8. The number of tetrazole rings is 1. The Morgan fingerprint density at radius 2 is 1.89 bits per heavy atom. The molecule has 0 bridgehead atoms. The van der Waals surface area contributed by atoms with Crippen molar-refractivity contribution in [2.75, 3.05) is 13.2 Å². The molecule has 1 aliphatic heterocycles. The first-order valence-electron chi connectivity index (χ1n) is 12.1. The number of carbonyl (C=O) groups is 2. The van der Waals surface area contributed by atoms with E-state index in [-0.39, 0.29) is 42.5 Å². The van der Waals surface area contributed by atoms with Crippen LogP contribution < -0.4 is 5.32 Å². The van der Waals surface area contributed by atoms with E-state index in [0.717, 1.165) is 17.6 Å². The molecule has 0 spiro atoms. The van der Waals surface area contributed by atoms with Gasteiger partial charge in [0.1, 0.15) is 24.2 Å². The minimum atomic E-state index is -0.975. The minimum Gasteiger partial charge on any atom is -0.508 e. The van der Waals surface area contributed by atoms with E-state index in [1.54, 1.807) is 12.1 Å². The van der Waals surface area contributed by atoms with Gasteiger partial charge in [0, 0.05) is 24.3 Å². The van der Waals surface area contributed by atoms with E-state index in [1.165, 1.54) is 41.3 Å². The molecule has 1 aromatic heterocycles. The van der Waals surface area contributed by atoms with Crippen LogP contribution in [0, 0.1) is 5.82 Å². The molecule has 2 heterocycles. The molecule has 0 unspecified atom stereocenters. The number of hydrogen-bond acceptors (Lipinski definition) is 7. The van der Waals surface area contributed by atoms with Gasteiger partial charge in [-0.1, -0.05) is 12.1 Å². The standard InChI is InChI=1S/C26H31FN6O4/c1-26(2,3)28-25(36)23(17-8-12-20(34)13-9-17)32(15-21-5-4-14-37-21)22(35)16-33-30-24(29-31-33)18-6-10-19(27)11-7-18/h6-13,21,23,34H,4-5,14-16H2,1-3H3,(H,28,36)/t21-,23+/m0/s1. The van der Waals surface area contributed by atoms with Crippen molar-refractivity contribution in [2.24, 2.45) is 0 Å². The average Bonchev–Trinajstić information content (AvgIpc) is 3.51. The number of phenolic OH excluding ortho intramolecular Hbond substituents is 1. The highest BCUT2D eigenvalue weighted by molar-refractivity contribution is 5.89. The highest BCUT2D eigenvalue weighted by Gasteiger charge is 2.36. The molecule has 2 aromatic carbocycles. The summed E-state index contributed by atoms with van der Waals surface area (Å²) < 4.78 is 19.1. The fraction of sp³-hybridized carbons (Fsp3) is 0.423. The molecule has 196 valence electrons. The van der Waals surface area contributed by atoms with Crippen molar-refractivity contribution >= 4 is 11.8 Å². The maximum absolute atomic E-state index is 13.7. The number of nitrogens with one attached hydrogen (secondary N) is 1. The summed E-state index contributed by atoms with van der Waals surface area (Å²) >= 11 is 0. The Morgan fingerprint density at radius 1 is 1.19 bits per heavy atom. The molecule has 2 amide bonds. The first kappa shape index (κ1) is 26.2. The van der Waals surface area contributed by atoms with Gasteiger partial charge in [0.05, 0.1) is 6.10 Å². The van der Waals surface area contributed by atoms with Crippen LogP contribution in [0.4, 0.5) is 4.39 Å². The molecule has 0 saturated carbocycles. The van der Waals surface area contributed by atoms with E-state index in [0.29, 0.717) is 17.7 Å². The van der Waals surface area contributed by atoms with Crippen LogP contribution in [0.15, 0.2) is 48.5 Å². The summed E-state index contributed by atoms with van der Waals surface area (Å²) in [7, 11) is 0. The lowest BCUT2D eigenvalue weighted by atomic mass is 10.0. The summed E-state index contributed by atoms with van der Waals surface area (Å²) in [5.74, 6) is -0.844.